The van der Waals surface area contributed by atoms with Crippen LogP contribution in [0.2, 0.25) is 0 Å². The highest BCUT2D eigenvalue weighted by Gasteiger charge is 2.50. The van der Waals surface area contributed by atoms with Crippen molar-refractivity contribution in [2.45, 2.75) is 57.3 Å². The van der Waals surface area contributed by atoms with Crippen molar-refractivity contribution in [1.29, 1.82) is 0 Å². The molecular weight excluding hydrogens is 378 g/mol. The molecule has 0 aromatic carbocycles. The Morgan fingerprint density at radius 3 is 2.58 bits per heavy atom. The van der Waals surface area contributed by atoms with Gasteiger partial charge in [0.25, 0.3) is 0 Å². The van der Waals surface area contributed by atoms with E-state index >= 15 is 0 Å². The van der Waals surface area contributed by atoms with Crippen LogP contribution in [-0.2, 0) is 19.1 Å². The maximum atomic E-state index is 12.6. The van der Waals surface area contributed by atoms with Gasteiger partial charge in [0, 0.05) is 20.1 Å². The number of ether oxygens (including phenoxy) is 2. The summed E-state index contributed by atoms with van der Waals surface area (Å²) in [4.78, 5) is 26.6. The van der Waals surface area contributed by atoms with Gasteiger partial charge in [0.15, 0.2) is 5.78 Å². The summed E-state index contributed by atoms with van der Waals surface area (Å²) in [7, 11) is 2.91. The number of carbonyl (C=O) groups excluding carboxylic acids is 2. The Bertz CT molecular complexity index is 569. The van der Waals surface area contributed by atoms with Crippen molar-refractivity contribution in [3.63, 3.8) is 0 Å². The van der Waals surface area contributed by atoms with Crippen molar-refractivity contribution in [2.75, 3.05) is 20.8 Å². The minimum absolute atomic E-state index is 0.0135. The Kier molecular flexibility index (Phi) is 5.47. The molecule has 0 bridgehead atoms. The van der Waals surface area contributed by atoms with E-state index in [9.17, 15) is 14.7 Å². The average Bonchev–Trinajstić information content (AvgIpc) is 2.99. The van der Waals surface area contributed by atoms with Crippen LogP contribution in [0.5, 0.6) is 0 Å². The number of Topliss-reactive ketones (excluding diaryl/α,β-unsaturated/α-hetero) is 1. The Hall–Kier alpha value is -0.920. The zero-order chi connectivity index (χ0) is 18.3. The minimum Gasteiger partial charge on any atom is -0.468 e. The number of hydrogen-bond donors (Lipinski definition) is 1. The largest absolute Gasteiger partial charge is 0.468 e. The third-order valence-electron chi connectivity index (χ3n) is 5.21. The van der Waals surface area contributed by atoms with Crippen molar-refractivity contribution in [2.24, 2.45) is 5.92 Å². The first kappa shape index (κ1) is 19.4. The number of allylic oxidation sites excluding steroid dienone is 1. The zero-order valence-electron chi connectivity index (χ0n) is 14.9. The van der Waals surface area contributed by atoms with Crippen LogP contribution in [0, 0.1) is 5.92 Å². The molecule has 3 atom stereocenters. The predicted molar refractivity (Wildman–Crippen MR) is 92.5 cm³/mol. The van der Waals surface area contributed by atoms with Gasteiger partial charge in [-0.1, -0.05) is 0 Å². The third-order valence-corrected chi connectivity index (χ3v) is 5.97. The molecule has 1 fully saturated rings. The summed E-state index contributed by atoms with van der Waals surface area (Å²) in [5, 5.41) is 11.0. The Morgan fingerprint density at radius 1 is 1.42 bits per heavy atom. The van der Waals surface area contributed by atoms with E-state index in [-0.39, 0.29) is 22.7 Å². The molecule has 136 valence electrons. The lowest BCUT2D eigenvalue weighted by molar-refractivity contribution is -0.152. The summed E-state index contributed by atoms with van der Waals surface area (Å²) in [5.74, 6) is -1.95. The van der Waals surface area contributed by atoms with Crippen molar-refractivity contribution >= 4 is 27.7 Å². The summed E-state index contributed by atoms with van der Waals surface area (Å²) in [6.07, 6.45) is 1.88. The molecule has 1 aliphatic heterocycles. The molecule has 0 saturated carbocycles. The molecule has 0 aromatic heterocycles. The Balaban J connectivity index is 2.46. The SMILES string of the molecule is COC(=O)[C@@H]1C[C@](C)(O)C(N2CCC[C@H]2C(C)(C)OC)=C(Br)C1=O. The van der Waals surface area contributed by atoms with Gasteiger partial charge in [0.05, 0.1) is 28.9 Å². The maximum absolute atomic E-state index is 12.6. The number of hydrogen-bond acceptors (Lipinski definition) is 6. The second kappa shape index (κ2) is 6.77. The van der Waals surface area contributed by atoms with E-state index in [2.05, 4.69) is 20.8 Å². The fourth-order valence-corrected chi connectivity index (χ4v) is 4.69. The molecule has 1 aliphatic carbocycles. The molecule has 0 amide bonds. The standard InChI is InChI=1S/C17H26BrNO5/c1-16(2,24-5)11-7-6-8-19(11)14-12(18)13(20)10(15(21)23-4)9-17(14,3)22/h10-11,22H,6-9H2,1-5H3/t10-,11+,17+/m1/s1. The average molecular weight is 404 g/mol. The Morgan fingerprint density at radius 2 is 2.04 bits per heavy atom. The fourth-order valence-electron chi connectivity index (χ4n) is 3.75. The smallest absolute Gasteiger partial charge is 0.316 e. The zero-order valence-corrected chi connectivity index (χ0v) is 16.5. The number of esters is 1. The van der Waals surface area contributed by atoms with Crippen LogP contribution in [0.25, 0.3) is 0 Å². The van der Waals surface area contributed by atoms with Gasteiger partial charge in [0.2, 0.25) is 0 Å². The molecule has 2 rings (SSSR count). The van der Waals surface area contributed by atoms with Gasteiger partial charge >= 0.3 is 5.97 Å². The predicted octanol–water partition coefficient (Wildman–Crippen LogP) is 2.00. The van der Waals surface area contributed by atoms with Gasteiger partial charge < -0.3 is 19.5 Å². The molecule has 1 N–H and O–H groups in total. The molecule has 7 heteroatoms. The monoisotopic (exact) mass is 403 g/mol. The quantitative estimate of drug-likeness (QED) is 0.571. The van der Waals surface area contributed by atoms with E-state index in [1.165, 1.54) is 7.11 Å². The van der Waals surface area contributed by atoms with Gasteiger partial charge in [-0.3, -0.25) is 9.59 Å². The molecule has 0 spiro atoms. The molecule has 6 nitrogen and oxygen atoms in total. The van der Waals surface area contributed by atoms with Crippen molar-refractivity contribution in [3.05, 3.63) is 10.2 Å². The lowest BCUT2D eigenvalue weighted by Gasteiger charge is -2.45. The number of aliphatic hydroxyl groups is 1. The highest BCUT2D eigenvalue weighted by Crippen LogP contribution is 2.44. The van der Waals surface area contributed by atoms with Crippen molar-refractivity contribution in [1.82, 2.24) is 4.90 Å². The van der Waals surface area contributed by atoms with Gasteiger partial charge in [-0.25, -0.2) is 0 Å². The van der Waals surface area contributed by atoms with Crippen LogP contribution >= 0.6 is 15.9 Å². The maximum Gasteiger partial charge on any atom is 0.316 e. The third kappa shape index (κ3) is 3.26. The van der Waals surface area contributed by atoms with Crippen LogP contribution in [0.15, 0.2) is 10.2 Å². The molecule has 0 unspecified atom stereocenters. The normalized spacial score (nSPS) is 31.6. The van der Waals surface area contributed by atoms with Gasteiger partial charge in [-0.05, 0) is 49.5 Å². The second-order valence-corrected chi connectivity index (χ2v) is 8.03. The Labute approximate surface area is 151 Å². The minimum atomic E-state index is -1.31. The summed E-state index contributed by atoms with van der Waals surface area (Å²) in [6.45, 7) is 6.37. The topological polar surface area (TPSA) is 76.1 Å². The summed E-state index contributed by atoms with van der Waals surface area (Å²) >= 11 is 3.34. The number of nitrogens with zero attached hydrogens (tertiary/aromatic N) is 1. The van der Waals surface area contributed by atoms with E-state index in [1.807, 2.05) is 13.8 Å². The first-order chi connectivity index (χ1) is 11.1. The number of ketones is 1. The van der Waals surface area contributed by atoms with Crippen LogP contribution in [0.4, 0.5) is 0 Å². The molecular formula is C17H26BrNO5. The fraction of sp³-hybridized carbons (Fsp3) is 0.765. The lowest BCUT2D eigenvalue weighted by atomic mass is 9.79. The number of halogens is 1. The highest BCUT2D eigenvalue weighted by molar-refractivity contribution is 9.12. The van der Waals surface area contributed by atoms with Crippen molar-refractivity contribution < 1.29 is 24.2 Å². The lowest BCUT2D eigenvalue weighted by Crippen LogP contribution is -2.53. The van der Waals surface area contributed by atoms with E-state index in [4.69, 9.17) is 9.47 Å². The molecule has 24 heavy (non-hydrogen) atoms. The molecule has 0 radical (unpaired) electrons. The van der Waals surface area contributed by atoms with Gasteiger partial charge in [0.1, 0.15) is 11.5 Å². The van der Waals surface area contributed by atoms with Gasteiger partial charge in [-0.2, -0.15) is 0 Å². The molecule has 1 saturated heterocycles. The number of rotatable bonds is 4. The van der Waals surface area contributed by atoms with Crippen molar-refractivity contribution in [3.8, 4) is 0 Å². The first-order valence-electron chi connectivity index (χ1n) is 8.13. The van der Waals surface area contributed by atoms with Crippen LogP contribution < -0.4 is 0 Å². The van der Waals surface area contributed by atoms with Crippen LogP contribution in [-0.4, -0.2) is 59.8 Å². The summed E-state index contributed by atoms with van der Waals surface area (Å²) < 4.78 is 10.6. The van der Waals surface area contributed by atoms with Crippen LogP contribution in [0.3, 0.4) is 0 Å². The number of likely N-dealkylation sites (tertiary alicyclic amines) is 1. The number of methoxy groups -OCH3 is 2. The summed E-state index contributed by atoms with van der Waals surface area (Å²) in [6, 6.07) is 0.0407. The van der Waals surface area contributed by atoms with E-state index in [0.717, 1.165) is 19.4 Å². The highest BCUT2D eigenvalue weighted by atomic mass is 79.9. The first-order valence-corrected chi connectivity index (χ1v) is 8.92. The van der Waals surface area contributed by atoms with E-state index in [1.54, 1.807) is 14.0 Å². The van der Waals surface area contributed by atoms with Gasteiger partial charge in [-0.15, -0.1) is 0 Å². The van der Waals surface area contributed by atoms with E-state index in [0.29, 0.717) is 5.70 Å². The molecule has 1 heterocycles. The second-order valence-electron chi connectivity index (χ2n) is 7.24. The molecule has 2 aliphatic rings. The number of carbonyl (C=O) groups is 2. The van der Waals surface area contributed by atoms with E-state index < -0.39 is 23.1 Å². The summed E-state index contributed by atoms with van der Waals surface area (Å²) in [5.41, 5.74) is -1.19. The van der Waals surface area contributed by atoms with Crippen LogP contribution in [0.1, 0.15) is 40.0 Å². The molecule has 0 aromatic rings.